The number of hydrogen-bond acceptors (Lipinski definition) is 4. The van der Waals surface area contributed by atoms with Gasteiger partial charge in [-0.15, -0.1) is 0 Å². The zero-order chi connectivity index (χ0) is 19.5. The monoisotopic (exact) mass is 383 g/mol. The predicted molar refractivity (Wildman–Crippen MR) is 113 cm³/mol. The van der Waals surface area contributed by atoms with Gasteiger partial charge in [0.05, 0.1) is 28.2 Å². The van der Waals surface area contributed by atoms with Gasteiger partial charge in [0.1, 0.15) is 0 Å². The van der Waals surface area contributed by atoms with Gasteiger partial charge in [-0.2, -0.15) is 5.26 Å². The first-order chi connectivity index (χ1) is 13.7. The molecule has 0 N–H and O–H groups in total. The van der Waals surface area contributed by atoms with Crippen molar-refractivity contribution in [3.63, 3.8) is 0 Å². The molecule has 5 heteroatoms. The molecule has 0 aliphatic rings. The van der Waals surface area contributed by atoms with Crippen molar-refractivity contribution >= 4 is 22.7 Å². The molecule has 4 aromatic rings. The van der Waals surface area contributed by atoms with Crippen molar-refractivity contribution in [2.24, 2.45) is 0 Å². The van der Waals surface area contributed by atoms with Crippen LogP contribution in [-0.2, 0) is 5.75 Å². The van der Waals surface area contributed by atoms with Crippen molar-refractivity contribution in [1.29, 1.82) is 5.26 Å². The van der Waals surface area contributed by atoms with Crippen LogP contribution >= 0.6 is 11.8 Å². The summed E-state index contributed by atoms with van der Waals surface area (Å²) in [6.07, 6.45) is 0. The molecule has 0 atom stereocenters. The minimum atomic E-state index is -0.0724. The Morgan fingerprint density at radius 2 is 1.71 bits per heavy atom. The first-order valence-corrected chi connectivity index (χ1v) is 9.85. The summed E-state index contributed by atoms with van der Waals surface area (Å²) in [5.41, 5.74) is 4.26. The Labute approximate surface area is 167 Å². The molecule has 0 unspecified atom stereocenters. The summed E-state index contributed by atoms with van der Waals surface area (Å²) in [6, 6.07) is 24.9. The predicted octanol–water partition coefficient (Wildman–Crippen LogP) is 4.86. The number of fused-ring (bicyclic) bond motifs is 1. The van der Waals surface area contributed by atoms with Crippen molar-refractivity contribution in [3.8, 4) is 11.8 Å². The second-order valence-electron chi connectivity index (χ2n) is 6.49. The lowest BCUT2D eigenvalue weighted by Crippen LogP contribution is -2.21. The van der Waals surface area contributed by atoms with E-state index in [9.17, 15) is 4.79 Å². The third kappa shape index (κ3) is 3.55. The van der Waals surface area contributed by atoms with Crippen LogP contribution < -0.4 is 5.56 Å². The zero-order valence-electron chi connectivity index (χ0n) is 15.3. The van der Waals surface area contributed by atoms with Crippen molar-refractivity contribution in [3.05, 3.63) is 99.8 Å². The summed E-state index contributed by atoms with van der Waals surface area (Å²) < 4.78 is 1.68. The van der Waals surface area contributed by atoms with Gasteiger partial charge in [0.25, 0.3) is 5.56 Å². The fourth-order valence-corrected chi connectivity index (χ4v) is 3.92. The van der Waals surface area contributed by atoms with Crippen molar-refractivity contribution < 1.29 is 0 Å². The normalized spacial score (nSPS) is 10.7. The zero-order valence-corrected chi connectivity index (χ0v) is 16.1. The summed E-state index contributed by atoms with van der Waals surface area (Å²) in [4.78, 5) is 18.0. The van der Waals surface area contributed by atoms with Gasteiger partial charge < -0.3 is 0 Å². The van der Waals surface area contributed by atoms with E-state index in [0.717, 1.165) is 16.8 Å². The summed E-state index contributed by atoms with van der Waals surface area (Å²) >= 11 is 1.51. The molecule has 0 saturated carbocycles. The summed E-state index contributed by atoms with van der Waals surface area (Å²) in [5.74, 6) is 0.655. The highest BCUT2D eigenvalue weighted by molar-refractivity contribution is 7.98. The molecule has 0 aliphatic heterocycles. The Hall–Kier alpha value is -3.36. The van der Waals surface area contributed by atoms with Crippen LogP contribution in [0.4, 0.5) is 0 Å². The molecule has 0 bridgehead atoms. The molecular formula is C23H17N3OS. The number of benzene rings is 3. The minimum Gasteiger partial charge on any atom is -0.268 e. The summed E-state index contributed by atoms with van der Waals surface area (Å²) in [6.45, 7) is 2.02. The molecule has 0 saturated heterocycles. The standard InChI is InChI=1S/C23H17N3OS/c1-16-6-12-19(13-7-16)26-22(27)20-4-2-3-5-21(20)25-23(26)28-15-18-10-8-17(14-24)9-11-18/h2-13H,15H2,1H3. The highest BCUT2D eigenvalue weighted by Crippen LogP contribution is 2.25. The molecule has 136 valence electrons. The minimum absolute atomic E-state index is 0.0724. The van der Waals surface area contributed by atoms with Crippen LogP contribution in [0.15, 0.2) is 82.7 Å². The van der Waals surface area contributed by atoms with Crippen LogP contribution in [0.1, 0.15) is 16.7 Å². The largest absolute Gasteiger partial charge is 0.268 e. The van der Waals surface area contributed by atoms with E-state index in [-0.39, 0.29) is 5.56 Å². The Bertz CT molecular complexity index is 1240. The van der Waals surface area contributed by atoms with Gasteiger partial charge in [0.2, 0.25) is 0 Å². The lowest BCUT2D eigenvalue weighted by Gasteiger charge is -2.13. The number of para-hydroxylation sites is 1. The number of nitrogens with zero attached hydrogens (tertiary/aromatic N) is 3. The Morgan fingerprint density at radius 3 is 2.43 bits per heavy atom. The number of thioether (sulfide) groups is 1. The van der Waals surface area contributed by atoms with E-state index in [1.807, 2.05) is 67.6 Å². The molecular weight excluding hydrogens is 366 g/mol. The molecule has 0 aliphatic carbocycles. The van der Waals surface area contributed by atoms with Gasteiger partial charge in [0.15, 0.2) is 5.16 Å². The van der Waals surface area contributed by atoms with Gasteiger partial charge >= 0.3 is 0 Å². The summed E-state index contributed by atoms with van der Waals surface area (Å²) in [5, 5.41) is 10.2. The Morgan fingerprint density at radius 1 is 1.00 bits per heavy atom. The second-order valence-corrected chi connectivity index (χ2v) is 7.43. The Balaban J connectivity index is 1.79. The fraction of sp³-hybridized carbons (Fsp3) is 0.0870. The Kier molecular flexibility index (Phi) is 4.96. The average molecular weight is 383 g/mol. The number of hydrogen-bond donors (Lipinski definition) is 0. The molecule has 0 fully saturated rings. The van der Waals surface area contributed by atoms with Crippen LogP contribution in [0.3, 0.4) is 0 Å². The molecule has 3 aromatic carbocycles. The third-order valence-corrected chi connectivity index (χ3v) is 5.50. The van der Waals surface area contributed by atoms with Crippen molar-refractivity contribution in [2.75, 3.05) is 0 Å². The molecule has 0 radical (unpaired) electrons. The van der Waals surface area contributed by atoms with Gasteiger partial charge in [-0.1, -0.05) is 53.7 Å². The van der Waals surface area contributed by atoms with Crippen molar-refractivity contribution in [1.82, 2.24) is 9.55 Å². The molecule has 1 aromatic heterocycles. The maximum absolute atomic E-state index is 13.2. The number of rotatable bonds is 4. The molecule has 4 rings (SSSR count). The molecule has 0 spiro atoms. The molecule has 28 heavy (non-hydrogen) atoms. The van der Waals surface area contributed by atoms with Crippen LogP contribution in [0, 0.1) is 18.3 Å². The molecule has 4 nitrogen and oxygen atoms in total. The van der Waals surface area contributed by atoms with E-state index < -0.39 is 0 Å². The van der Waals surface area contributed by atoms with Gasteiger partial charge in [-0.3, -0.25) is 9.36 Å². The van der Waals surface area contributed by atoms with Gasteiger partial charge in [-0.25, -0.2) is 4.98 Å². The van der Waals surface area contributed by atoms with E-state index in [4.69, 9.17) is 10.2 Å². The molecule has 0 amide bonds. The van der Waals surface area contributed by atoms with Gasteiger partial charge in [0, 0.05) is 5.75 Å². The van der Waals surface area contributed by atoms with E-state index in [2.05, 4.69) is 6.07 Å². The number of nitriles is 1. The SMILES string of the molecule is Cc1ccc(-n2c(SCc3ccc(C#N)cc3)nc3ccccc3c2=O)cc1. The van der Waals surface area contributed by atoms with E-state index >= 15 is 0 Å². The smallest absolute Gasteiger partial charge is 0.266 e. The van der Waals surface area contributed by atoms with Crippen LogP contribution in [-0.4, -0.2) is 9.55 Å². The van der Waals surface area contributed by atoms with Crippen LogP contribution in [0.25, 0.3) is 16.6 Å². The number of aryl methyl sites for hydroxylation is 1. The van der Waals surface area contributed by atoms with Crippen LogP contribution in [0.2, 0.25) is 0 Å². The van der Waals surface area contributed by atoms with Crippen molar-refractivity contribution in [2.45, 2.75) is 17.8 Å². The van der Waals surface area contributed by atoms with Gasteiger partial charge in [-0.05, 0) is 48.9 Å². The van der Waals surface area contributed by atoms with E-state index in [1.54, 1.807) is 16.7 Å². The van der Waals surface area contributed by atoms with E-state index in [1.165, 1.54) is 11.8 Å². The second kappa shape index (κ2) is 7.71. The maximum Gasteiger partial charge on any atom is 0.266 e. The number of aromatic nitrogens is 2. The van der Waals surface area contributed by atoms with E-state index in [0.29, 0.717) is 27.4 Å². The first-order valence-electron chi connectivity index (χ1n) is 8.86. The fourth-order valence-electron chi connectivity index (χ4n) is 2.95. The topological polar surface area (TPSA) is 58.7 Å². The van der Waals surface area contributed by atoms with Crippen LogP contribution in [0.5, 0.6) is 0 Å². The lowest BCUT2D eigenvalue weighted by atomic mass is 10.2. The first kappa shape index (κ1) is 18.0. The summed E-state index contributed by atoms with van der Waals surface area (Å²) in [7, 11) is 0. The highest BCUT2D eigenvalue weighted by Gasteiger charge is 2.13. The maximum atomic E-state index is 13.2. The quantitative estimate of drug-likeness (QED) is 0.373. The average Bonchev–Trinajstić information content (AvgIpc) is 2.74. The third-order valence-electron chi connectivity index (χ3n) is 4.49. The highest BCUT2D eigenvalue weighted by atomic mass is 32.2. The lowest BCUT2D eigenvalue weighted by molar-refractivity contribution is 0.819. The molecule has 1 heterocycles.